The van der Waals surface area contributed by atoms with Crippen LogP contribution < -0.4 is 0 Å². The molecule has 1 aliphatic rings. The molecule has 24 heavy (non-hydrogen) atoms. The summed E-state index contributed by atoms with van der Waals surface area (Å²) in [6.07, 6.45) is 1.29. The molecular formula is C20H12O4. The number of aromatic hydroxyl groups is 2. The summed E-state index contributed by atoms with van der Waals surface area (Å²) in [4.78, 5) is 24.2. The maximum absolute atomic E-state index is 12.1. The number of allylic oxidation sites excluding steroid dienone is 1. The zero-order valence-electron chi connectivity index (χ0n) is 12.5. The van der Waals surface area contributed by atoms with E-state index in [2.05, 4.69) is 0 Å². The minimum atomic E-state index is -0.597. The zero-order chi connectivity index (χ0) is 16.8. The first-order valence-electron chi connectivity index (χ1n) is 7.41. The lowest BCUT2D eigenvalue weighted by Gasteiger charge is -2.18. The van der Waals surface area contributed by atoms with Crippen LogP contribution in [0.15, 0.2) is 60.7 Å². The van der Waals surface area contributed by atoms with Crippen molar-refractivity contribution in [1.82, 2.24) is 0 Å². The first-order valence-corrected chi connectivity index (χ1v) is 7.41. The van der Waals surface area contributed by atoms with E-state index >= 15 is 0 Å². The number of phenolic OH excluding ortho intramolecular Hbond substituents is 2. The lowest BCUT2D eigenvalue weighted by molar-refractivity contribution is -0.111. The summed E-state index contributed by atoms with van der Waals surface area (Å²) in [5.74, 6) is -1.62. The standard InChI is InChI=1S/C20H12O4/c21-17-9-15(11-5-1-3-7-13(11)19(17)23)16-10-18(22)20(24)14-8-4-2-6-12(14)16/h1-10,21,23H. The van der Waals surface area contributed by atoms with E-state index in [1.807, 2.05) is 6.07 Å². The van der Waals surface area contributed by atoms with Crippen LogP contribution in [-0.2, 0) is 4.79 Å². The van der Waals surface area contributed by atoms with Crippen molar-refractivity contribution in [2.45, 2.75) is 0 Å². The van der Waals surface area contributed by atoms with Gasteiger partial charge in [-0.15, -0.1) is 0 Å². The molecule has 4 rings (SSSR count). The van der Waals surface area contributed by atoms with Gasteiger partial charge in [-0.3, -0.25) is 9.59 Å². The third-order valence-electron chi connectivity index (χ3n) is 4.25. The van der Waals surface area contributed by atoms with E-state index in [-0.39, 0.29) is 11.5 Å². The molecular weight excluding hydrogens is 304 g/mol. The molecule has 4 heteroatoms. The number of carbonyl (C=O) groups is 2. The lowest BCUT2D eigenvalue weighted by atomic mass is 9.84. The van der Waals surface area contributed by atoms with Gasteiger partial charge < -0.3 is 10.2 Å². The molecule has 3 aromatic carbocycles. The number of rotatable bonds is 1. The van der Waals surface area contributed by atoms with Gasteiger partial charge in [-0.05, 0) is 34.2 Å². The second-order valence-corrected chi connectivity index (χ2v) is 5.63. The van der Waals surface area contributed by atoms with E-state index in [4.69, 9.17) is 0 Å². The van der Waals surface area contributed by atoms with Gasteiger partial charge in [0, 0.05) is 10.9 Å². The monoisotopic (exact) mass is 316 g/mol. The summed E-state index contributed by atoms with van der Waals surface area (Å²) < 4.78 is 0. The summed E-state index contributed by atoms with van der Waals surface area (Å²) in [6, 6.07) is 15.4. The van der Waals surface area contributed by atoms with E-state index in [9.17, 15) is 19.8 Å². The van der Waals surface area contributed by atoms with Gasteiger partial charge in [-0.2, -0.15) is 0 Å². The Morgan fingerprint density at radius 3 is 2.08 bits per heavy atom. The summed E-state index contributed by atoms with van der Waals surface area (Å²) in [5, 5.41) is 21.3. The number of hydrogen-bond acceptors (Lipinski definition) is 4. The minimum Gasteiger partial charge on any atom is -0.504 e. The fourth-order valence-electron chi connectivity index (χ4n) is 3.11. The second-order valence-electron chi connectivity index (χ2n) is 5.63. The number of carbonyl (C=O) groups excluding carboxylic acids is 2. The summed E-state index contributed by atoms with van der Waals surface area (Å²) in [7, 11) is 0. The van der Waals surface area contributed by atoms with Crippen LogP contribution in [-0.4, -0.2) is 21.8 Å². The third kappa shape index (κ3) is 1.93. The average Bonchev–Trinajstić information content (AvgIpc) is 2.61. The highest BCUT2D eigenvalue weighted by Gasteiger charge is 2.27. The molecule has 1 aliphatic carbocycles. The normalized spacial score (nSPS) is 13.8. The van der Waals surface area contributed by atoms with Crippen LogP contribution in [0, 0.1) is 0 Å². The Hall–Kier alpha value is -3.40. The highest BCUT2D eigenvalue weighted by molar-refractivity contribution is 6.51. The van der Waals surface area contributed by atoms with Gasteiger partial charge in [0.1, 0.15) is 0 Å². The SMILES string of the molecule is O=C1C=C(c2cc(O)c(O)c3ccccc23)c2ccccc2C1=O. The molecule has 0 saturated heterocycles. The van der Waals surface area contributed by atoms with Crippen molar-refractivity contribution >= 4 is 27.9 Å². The number of hydrogen-bond donors (Lipinski definition) is 2. The largest absolute Gasteiger partial charge is 0.504 e. The topological polar surface area (TPSA) is 74.6 Å². The van der Waals surface area contributed by atoms with E-state index in [1.54, 1.807) is 42.5 Å². The van der Waals surface area contributed by atoms with Gasteiger partial charge >= 0.3 is 0 Å². The molecule has 0 saturated carbocycles. The smallest absolute Gasteiger partial charge is 0.233 e. The Morgan fingerprint density at radius 2 is 1.33 bits per heavy atom. The molecule has 2 N–H and O–H groups in total. The summed E-state index contributed by atoms with van der Waals surface area (Å²) >= 11 is 0. The Bertz CT molecular complexity index is 1060. The molecule has 0 atom stereocenters. The Balaban J connectivity index is 2.09. The summed E-state index contributed by atoms with van der Waals surface area (Å²) in [6.45, 7) is 0. The molecule has 0 fully saturated rings. The summed E-state index contributed by atoms with van der Waals surface area (Å²) in [5.41, 5.74) is 2.13. The molecule has 0 aromatic heterocycles. The van der Waals surface area contributed by atoms with Gasteiger partial charge in [-0.1, -0.05) is 48.5 Å². The molecule has 0 heterocycles. The maximum atomic E-state index is 12.1. The maximum Gasteiger partial charge on any atom is 0.233 e. The quantitative estimate of drug-likeness (QED) is 0.532. The molecule has 4 nitrogen and oxygen atoms in total. The van der Waals surface area contributed by atoms with Gasteiger partial charge in [0.05, 0.1) is 0 Å². The second kappa shape index (κ2) is 5.06. The number of Topliss-reactive ketones (excluding diaryl/α,β-unsaturated/α-hetero) is 1. The predicted molar refractivity (Wildman–Crippen MR) is 90.1 cm³/mol. The van der Waals surface area contributed by atoms with Crippen LogP contribution in [0.5, 0.6) is 11.5 Å². The highest BCUT2D eigenvalue weighted by Crippen LogP contribution is 2.41. The molecule has 0 aliphatic heterocycles. The minimum absolute atomic E-state index is 0.207. The van der Waals surface area contributed by atoms with Gasteiger partial charge in [-0.25, -0.2) is 0 Å². The zero-order valence-corrected chi connectivity index (χ0v) is 12.5. The van der Waals surface area contributed by atoms with Crippen LogP contribution in [0.25, 0.3) is 16.3 Å². The van der Waals surface area contributed by atoms with Crippen molar-refractivity contribution in [3.05, 3.63) is 77.4 Å². The fraction of sp³-hybridized carbons (Fsp3) is 0. The Labute approximate surface area is 137 Å². The van der Waals surface area contributed by atoms with Gasteiger partial charge in [0.25, 0.3) is 0 Å². The van der Waals surface area contributed by atoms with Crippen LogP contribution in [0.2, 0.25) is 0 Å². The van der Waals surface area contributed by atoms with Crippen molar-refractivity contribution < 1.29 is 19.8 Å². The van der Waals surface area contributed by atoms with Crippen LogP contribution in [0.1, 0.15) is 21.5 Å². The van der Waals surface area contributed by atoms with Crippen LogP contribution in [0.4, 0.5) is 0 Å². The molecule has 0 radical (unpaired) electrons. The molecule has 0 unspecified atom stereocenters. The number of phenols is 2. The number of benzene rings is 3. The first-order chi connectivity index (χ1) is 11.6. The molecule has 0 bridgehead atoms. The molecule has 3 aromatic rings. The predicted octanol–water partition coefficient (Wildman–Crippen LogP) is 3.45. The average molecular weight is 316 g/mol. The van der Waals surface area contributed by atoms with Crippen LogP contribution >= 0.6 is 0 Å². The van der Waals surface area contributed by atoms with E-state index in [1.165, 1.54) is 12.1 Å². The van der Waals surface area contributed by atoms with E-state index < -0.39 is 11.6 Å². The first kappa shape index (κ1) is 14.2. The van der Waals surface area contributed by atoms with Crippen molar-refractivity contribution in [1.29, 1.82) is 0 Å². The fourth-order valence-corrected chi connectivity index (χ4v) is 3.11. The Morgan fingerprint density at radius 1 is 0.708 bits per heavy atom. The van der Waals surface area contributed by atoms with E-state index in [0.29, 0.717) is 33.0 Å². The third-order valence-corrected chi connectivity index (χ3v) is 4.25. The molecule has 0 amide bonds. The van der Waals surface area contributed by atoms with Crippen LogP contribution in [0.3, 0.4) is 0 Å². The van der Waals surface area contributed by atoms with E-state index in [0.717, 1.165) is 0 Å². The number of ketones is 2. The lowest BCUT2D eigenvalue weighted by Crippen LogP contribution is -2.18. The Kier molecular flexibility index (Phi) is 3.00. The van der Waals surface area contributed by atoms with Gasteiger partial charge in [0.15, 0.2) is 11.5 Å². The highest BCUT2D eigenvalue weighted by atomic mass is 16.3. The van der Waals surface area contributed by atoms with Gasteiger partial charge in [0.2, 0.25) is 11.6 Å². The molecule has 116 valence electrons. The van der Waals surface area contributed by atoms with Crippen molar-refractivity contribution in [2.24, 2.45) is 0 Å². The van der Waals surface area contributed by atoms with Crippen molar-refractivity contribution in [3.63, 3.8) is 0 Å². The molecule has 0 spiro atoms. The number of fused-ring (bicyclic) bond motifs is 2. The van der Waals surface area contributed by atoms with Crippen molar-refractivity contribution in [2.75, 3.05) is 0 Å². The van der Waals surface area contributed by atoms with Crippen molar-refractivity contribution in [3.8, 4) is 11.5 Å².